The van der Waals surface area contributed by atoms with Gasteiger partial charge in [0.05, 0.1) is 22.7 Å². The molecule has 3 aromatic carbocycles. The van der Waals surface area contributed by atoms with Gasteiger partial charge in [-0.2, -0.15) is 9.78 Å². The number of nitrogens with zero attached hydrogens (tertiary/aromatic N) is 2. The van der Waals surface area contributed by atoms with E-state index in [1.807, 2.05) is 13.0 Å². The molecule has 0 aliphatic carbocycles. The first-order valence-corrected chi connectivity index (χ1v) is 11.7. The Morgan fingerprint density at radius 3 is 2.21 bits per heavy atom. The number of carbonyl (C=O) groups is 1. The first-order valence-electron chi connectivity index (χ1n) is 10.2. The molecule has 4 rings (SSSR count). The van der Waals surface area contributed by atoms with Crippen LogP contribution >= 0.6 is 0 Å². The third-order valence-electron chi connectivity index (χ3n) is 5.04. The van der Waals surface area contributed by atoms with Crippen LogP contribution in [-0.4, -0.2) is 24.2 Å². The van der Waals surface area contributed by atoms with Crippen LogP contribution in [0.4, 0.5) is 4.39 Å². The monoisotopic (exact) mass is 464 g/mol. The topological polar surface area (TPSA) is 78.3 Å². The summed E-state index contributed by atoms with van der Waals surface area (Å²) in [5.41, 5.74) is 2.18. The van der Waals surface area contributed by atoms with Crippen molar-refractivity contribution in [3.05, 3.63) is 102 Å². The lowest BCUT2D eigenvalue weighted by Gasteiger charge is -2.11. The second-order valence-electron chi connectivity index (χ2n) is 7.56. The zero-order chi connectivity index (χ0) is 23.6. The van der Waals surface area contributed by atoms with Gasteiger partial charge in [0.1, 0.15) is 5.82 Å². The SMILES string of the molecule is Cc1ccc(S(=O)(=O)c2c(C)nn(-c3ccccc3)c2OC(=O)Cc2ccc(F)cc2)cc1. The number of rotatable bonds is 6. The molecule has 0 aliphatic heterocycles. The lowest BCUT2D eigenvalue weighted by atomic mass is 10.1. The van der Waals surface area contributed by atoms with Gasteiger partial charge >= 0.3 is 5.97 Å². The lowest BCUT2D eigenvalue weighted by Crippen LogP contribution is -2.16. The van der Waals surface area contributed by atoms with Crippen LogP contribution in [0.3, 0.4) is 0 Å². The second kappa shape index (κ2) is 8.99. The van der Waals surface area contributed by atoms with Crippen molar-refractivity contribution in [2.24, 2.45) is 0 Å². The van der Waals surface area contributed by atoms with E-state index in [0.717, 1.165) is 5.56 Å². The molecule has 6 nitrogen and oxygen atoms in total. The average Bonchev–Trinajstić information content (AvgIpc) is 3.12. The van der Waals surface area contributed by atoms with Crippen molar-refractivity contribution in [3.63, 3.8) is 0 Å². The highest BCUT2D eigenvalue weighted by Gasteiger charge is 2.32. The van der Waals surface area contributed by atoms with Crippen molar-refractivity contribution in [1.29, 1.82) is 0 Å². The molecule has 0 amide bonds. The lowest BCUT2D eigenvalue weighted by molar-refractivity contribution is -0.134. The van der Waals surface area contributed by atoms with E-state index in [0.29, 0.717) is 11.3 Å². The van der Waals surface area contributed by atoms with Crippen LogP contribution < -0.4 is 4.74 Å². The number of carbonyl (C=O) groups excluding carboxylic acids is 1. The van der Waals surface area contributed by atoms with Gasteiger partial charge in [-0.1, -0.05) is 48.0 Å². The predicted octanol–water partition coefficient (Wildman–Crippen LogP) is 4.61. The number of ether oxygens (including phenoxy) is 1. The minimum atomic E-state index is -4.04. The van der Waals surface area contributed by atoms with Crippen LogP contribution in [0.25, 0.3) is 5.69 Å². The Labute approximate surface area is 191 Å². The quantitative estimate of drug-likeness (QED) is 0.390. The van der Waals surface area contributed by atoms with E-state index in [2.05, 4.69) is 5.10 Å². The second-order valence-corrected chi connectivity index (χ2v) is 9.45. The smallest absolute Gasteiger partial charge is 0.317 e. The van der Waals surface area contributed by atoms with Gasteiger partial charge in [0.2, 0.25) is 15.7 Å². The molecule has 0 radical (unpaired) electrons. The number of aryl methyl sites for hydroxylation is 2. The number of sulfone groups is 1. The van der Waals surface area contributed by atoms with Crippen LogP contribution in [0.1, 0.15) is 16.8 Å². The standard InChI is InChI=1S/C25H21FN2O4S/c1-17-8-14-22(15-9-17)33(30,31)24-18(2)27-28(21-6-4-3-5-7-21)25(24)32-23(29)16-19-10-12-20(26)13-11-19/h3-15H,16H2,1-2H3. The van der Waals surface area contributed by atoms with Gasteiger partial charge in [0.25, 0.3) is 0 Å². The Balaban J connectivity index is 1.80. The number of aromatic nitrogens is 2. The van der Waals surface area contributed by atoms with Crippen LogP contribution in [0.15, 0.2) is 88.7 Å². The fourth-order valence-electron chi connectivity index (χ4n) is 3.38. The largest absolute Gasteiger partial charge is 0.406 e. The molecule has 0 atom stereocenters. The molecule has 0 saturated carbocycles. The molecular formula is C25H21FN2O4S. The van der Waals surface area contributed by atoms with Crippen molar-refractivity contribution in [3.8, 4) is 11.6 Å². The Hall–Kier alpha value is -3.78. The van der Waals surface area contributed by atoms with Gasteiger partial charge in [-0.05, 0) is 55.8 Å². The molecule has 0 unspecified atom stereocenters. The van der Waals surface area contributed by atoms with Crippen molar-refractivity contribution in [2.45, 2.75) is 30.1 Å². The Kier molecular flexibility index (Phi) is 6.11. The Bertz CT molecular complexity index is 1400. The summed E-state index contributed by atoms with van der Waals surface area (Å²) in [6, 6.07) is 20.6. The van der Waals surface area contributed by atoms with Crippen molar-refractivity contribution in [1.82, 2.24) is 9.78 Å². The fraction of sp³-hybridized carbons (Fsp3) is 0.120. The summed E-state index contributed by atoms with van der Waals surface area (Å²) in [7, 11) is -4.04. The van der Waals surface area contributed by atoms with Gasteiger partial charge < -0.3 is 4.74 Å². The number of benzene rings is 3. The molecule has 0 fully saturated rings. The average molecular weight is 465 g/mol. The summed E-state index contributed by atoms with van der Waals surface area (Å²) in [5.74, 6) is -1.30. The summed E-state index contributed by atoms with van der Waals surface area (Å²) in [4.78, 5) is 12.7. The minimum absolute atomic E-state index is 0.0691. The molecule has 1 aromatic heterocycles. The van der Waals surface area contributed by atoms with Crippen LogP contribution in [-0.2, 0) is 21.1 Å². The molecular weight excluding hydrogens is 443 g/mol. The normalized spacial score (nSPS) is 11.4. The molecule has 4 aromatic rings. The van der Waals surface area contributed by atoms with Gasteiger partial charge in [-0.3, -0.25) is 4.79 Å². The molecule has 0 aliphatic rings. The van der Waals surface area contributed by atoms with E-state index in [1.54, 1.807) is 43.3 Å². The number of hydrogen-bond acceptors (Lipinski definition) is 5. The van der Waals surface area contributed by atoms with Crippen molar-refractivity contribution < 1.29 is 22.3 Å². The predicted molar refractivity (Wildman–Crippen MR) is 121 cm³/mol. The summed E-state index contributed by atoms with van der Waals surface area (Å²) < 4.78 is 47.1. The zero-order valence-electron chi connectivity index (χ0n) is 18.0. The van der Waals surface area contributed by atoms with Gasteiger partial charge in [0.15, 0.2) is 4.90 Å². The fourth-order valence-corrected chi connectivity index (χ4v) is 4.90. The van der Waals surface area contributed by atoms with Crippen LogP contribution in [0, 0.1) is 19.7 Å². The Morgan fingerprint density at radius 1 is 0.939 bits per heavy atom. The molecule has 168 valence electrons. The number of esters is 1. The van der Waals surface area contributed by atoms with E-state index in [9.17, 15) is 17.6 Å². The van der Waals surface area contributed by atoms with E-state index in [4.69, 9.17) is 4.74 Å². The maximum atomic E-state index is 13.5. The van der Waals surface area contributed by atoms with Crippen molar-refractivity contribution in [2.75, 3.05) is 0 Å². The van der Waals surface area contributed by atoms with E-state index < -0.39 is 21.6 Å². The molecule has 0 bridgehead atoms. The van der Waals surface area contributed by atoms with Gasteiger partial charge in [-0.15, -0.1) is 0 Å². The molecule has 0 saturated heterocycles. The van der Waals surface area contributed by atoms with Gasteiger partial charge in [-0.25, -0.2) is 12.8 Å². The molecule has 33 heavy (non-hydrogen) atoms. The van der Waals surface area contributed by atoms with Crippen LogP contribution in [0.5, 0.6) is 5.88 Å². The van der Waals surface area contributed by atoms with Gasteiger partial charge in [0, 0.05) is 0 Å². The molecule has 0 N–H and O–H groups in total. The summed E-state index contributed by atoms with van der Waals surface area (Å²) in [5, 5.41) is 4.37. The van der Waals surface area contributed by atoms with E-state index in [1.165, 1.54) is 41.1 Å². The van der Waals surface area contributed by atoms with Crippen molar-refractivity contribution >= 4 is 15.8 Å². The number of halogens is 1. The summed E-state index contributed by atoms with van der Waals surface area (Å²) in [6.07, 6.45) is -0.163. The zero-order valence-corrected chi connectivity index (χ0v) is 18.8. The summed E-state index contributed by atoms with van der Waals surface area (Å²) in [6.45, 7) is 3.41. The highest BCUT2D eigenvalue weighted by Crippen LogP contribution is 2.34. The molecule has 1 heterocycles. The van der Waals surface area contributed by atoms with E-state index >= 15 is 0 Å². The van der Waals surface area contributed by atoms with E-state index in [-0.39, 0.29) is 27.8 Å². The highest BCUT2D eigenvalue weighted by atomic mass is 32.2. The Morgan fingerprint density at radius 2 is 1.58 bits per heavy atom. The third-order valence-corrected chi connectivity index (χ3v) is 6.94. The highest BCUT2D eigenvalue weighted by molar-refractivity contribution is 7.91. The number of para-hydroxylation sites is 1. The van der Waals surface area contributed by atoms with Crippen LogP contribution in [0.2, 0.25) is 0 Å². The molecule has 8 heteroatoms. The first kappa shape index (κ1) is 22.4. The maximum Gasteiger partial charge on any atom is 0.317 e. The summed E-state index contributed by atoms with van der Waals surface area (Å²) >= 11 is 0. The minimum Gasteiger partial charge on any atom is -0.406 e. The number of hydrogen-bond donors (Lipinski definition) is 0. The first-order chi connectivity index (χ1) is 15.8. The molecule has 0 spiro atoms. The third kappa shape index (κ3) is 4.70. The maximum absolute atomic E-state index is 13.5.